The first kappa shape index (κ1) is 21.4. The van der Waals surface area contributed by atoms with Gasteiger partial charge < -0.3 is 15.4 Å². The number of hydrogen-bond donors (Lipinski definition) is 2. The molecule has 31 heavy (non-hydrogen) atoms. The van der Waals surface area contributed by atoms with E-state index in [1.165, 1.54) is 5.56 Å². The maximum atomic E-state index is 12.5. The number of benzene rings is 2. The van der Waals surface area contributed by atoms with E-state index in [1.807, 2.05) is 24.3 Å². The van der Waals surface area contributed by atoms with Crippen LogP contribution >= 0.6 is 0 Å². The van der Waals surface area contributed by atoms with Gasteiger partial charge in [0.1, 0.15) is 5.75 Å². The number of piperidine rings is 1. The van der Waals surface area contributed by atoms with Crippen molar-refractivity contribution >= 4 is 17.5 Å². The van der Waals surface area contributed by atoms with Crippen molar-refractivity contribution < 1.29 is 14.3 Å². The van der Waals surface area contributed by atoms with Crippen LogP contribution in [0.1, 0.15) is 41.6 Å². The molecule has 4 rings (SSSR count). The van der Waals surface area contributed by atoms with Gasteiger partial charge >= 0.3 is 0 Å². The summed E-state index contributed by atoms with van der Waals surface area (Å²) in [4.78, 5) is 26.9. The van der Waals surface area contributed by atoms with Crippen LogP contribution in [-0.2, 0) is 11.2 Å². The number of likely N-dealkylation sites (tertiary alicyclic amines) is 1. The Balaban J connectivity index is 1.21. The Hall–Kier alpha value is -2.86. The maximum absolute atomic E-state index is 12.5. The SMILES string of the molecule is COc1ccc(CC2CCN(CC(=O)Nc3cccc(C(=O)NC4CC4)c3)CC2)cc1. The van der Waals surface area contributed by atoms with Crippen LogP contribution in [0.2, 0.25) is 0 Å². The Labute approximate surface area is 184 Å². The smallest absolute Gasteiger partial charge is 0.251 e. The molecule has 2 fully saturated rings. The van der Waals surface area contributed by atoms with Gasteiger partial charge in [0.15, 0.2) is 0 Å². The van der Waals surface area contributed by atoms with E-state index in [4.69, 9.17) is 4.74 Å². The molecule has 0 radical (unpaired) electrons. The predicted octanol–water partition coefficient (Wildman–Crippen LogP) is 3.48. The van der Waals surface area contributed by atoms with E-state index in [1.54, 1.807) is 19.2 Å². The third kappa shape index (κ3) is 6.31. The van der Waals surface area contributed by atoms with Gasteiger partial charge in [0, 0.05) is 17.3 Å². The number of anilines is 1. The average Bonchev–Trinajstić information content (AvgIpc) is 3.60. The molecule has 0 unspecified atom stereocenters. The molecule has 164 valence electrons. The van der Waals surface area contributed by atoms with Crippen LogP contribution in [0, 0.1) is 5.92 Å². The summed E-state index contributed by atoms with van der Waals surface area (Å²) in [5.74, 6) is 1.43. The highest BCUT2D eigenvalue weighted by atomic mass is 16.5. The van der Waals surface area contributed by atoms with Gasteiger partial charge in [-0.05, 0) is 87.0 Å². The number of nitrogens with zero attached hydrogens (tertiary/aromatic N) is 1. The summed E-state index contributed by atoms with van der Waals surface area (Å²) in [6.07, 6.45) is 5.36. The minimum absolute atomic E-state index is 0.0339. The van der Waals surface area contributed by atoms with Crippen LogP contribution in [0.5, 0.6) is 5.75 Å². The molecule has 1 aliphatic carbocycles. The highest BCUT2D eigenvalue weighted by Gasteiger charge is 2.24. The van der Waals surface area contributed by atoms with Gasteiger partial charge in [0.05, 0.1) is 13.7 Å². The summed E-state index contributed by atoms with van der Waals surface area (Å²) in [6, 6.07) is 15.8. The van der Waals surface area contributed by atoms with Crippen molar-refractivity contribution in [1.82, 2.24) is 10.2 Å². The van der Waals surface area contributed by atoms with Gasteiger partial charge in [-0.25, -0.2) is 0 Å². The molecule has 0 bridgehead atoms. The molecule has 2 aromatic carbocycles. The second kappa shape index (κ2) is 9.96. The van der Waals surface area contributed by atoms with Gasteiger partial charge in [-0.3, -0.25) is 14.5 Å². The molecule has 0 atom stereocenters. The van der Waals surface area contributed by atoms with E-state index in [0.29, 0.717) is 29.8 Å². The Kier molecular flexibility index (Phi) is 6.87. The van der Waals surface area contributed by atoms with E-state index in [0.717, 1.165) is 50.9 Å². The Morgan fingerprint density at radius 2 is 1.77 bits per heavy atom. The van der Waals surface area contributed by atoms with Gasteiger partial charge in [0.2, 0.25) is 5.91 Å². The molecule has 2 amide bonds. The minimum atomic E-state index is -0.0717. The maximum Gasteiger partial charge on any atom is 0.251 e. The molecule has 1 saturated heterocycles. The van der Waals surface area contributed by atoms with Crippen molar-refractivity contribution in [2.24, 2.45) is 5.92 Å². The lowest BCUT2D eigenvalue weighted by Gasteiger charge is -2.31. The average molecular weight is 422 g/mol. The molecule has 6 nitrogen and oxygen atoms in total. The summed E-state index contributed by atoms with van der Waals surface area (Å²) in [5, 5.41) is 5.92. The summed E-state index contributed by atoms with van der Waals surface area (Å²) < 4.78 is 5.22. The van der Waals surface area contributed by atoms with Crippen molar-refractivity contribution in [3.05, 3.63) is 59.7 Å². The standard InChI is InChI=1S/C25H31N3O3/c1-31-23-9-5-18(6-10-23)15-19-11-13-28(14-12-19)17-24(29)26-22-4-2-3-20(16-22)25(30)27-21-7-8-21/h2-6,9-10,16,19,21H,7-8,11-15,17H2,1H3,(H,26,29)(H,27,30). The van der Waals surface area contributed by atoms with Gasteiger partial charge in [-0.1, -0.05) is 18.2 Å². The lowest BCUT2D eigenvalue weighted by molar-refractivity contribution is -0.117. The number of rotatable bonds is 8. The molecule has 2 aliphatic rings. The lowest BCUT2D eigenvalue weighted by atomic mass is 9.90. The normalized spacial score (nSPS) is 17.2. The topological polar surface area (TPSA) is 70.7 Å². The van der Waals surface area contributed by atoms with E-state index < -0.39 is 0 Å². The van der Waals surface area contributed by atoms with Crippen LogP contribution in [0.25, 0.3) is 0 Å². The number of methoxy groups -OCH3 is 1. The van der Waals surface area contributed by atoms with E-state index >= 15 is 0 Å². The molecule has 0 spiro atoms. The molecule has 2 aromatic rings. The van der Waals surface area contributed by atoms with Crippen molar-refractivity contribution in [2.75, 3.05) is 32.1 Å². The second-order valence-corrected chi connectivity index (χ2v) is 8.65. The third-order valence-corrected chi connectivity index (χ3v) is 6.08. The zero-order chi connectivity index (χ0) is 21.6. The lowest BCUT2D eigenvalue weighted by Crippen LogP contribution is -2.39. The van der Waals surface area contributed by atoms with Gasteiger partial charge in [0.25, 0.3) is 5.91 Å². The highest BCUT2D eigenvalue weighted by molar-refractivity contribution is 5.97. The van der Waals surface area contributed by atoms with E-state index in [2.05, 4.69) is 27.7 Å². The number of amides is 2. The van der Waals surface area contributed by atoms with Gasteiger partial charge in [-0.15, -0.1) is 0 Å². The van der Waals surface area contributed by atoms with E-state index in [-0.39, 0.29) is 11.8 Å². The highest BCUT2D eigenvalue weighted by Crippen LogP contribution is 2.23. The molecular formula is C25H31N3O3. The number of nitrogens with one attached hydrogen (secondary N) is 2. The molecular weight excluding hydrogens is 390 g/mol. The Bertz CT molecular complexity index is 900. The predicted molar refractivity (Wildman–Crippen MR) is 121 cm³/mol. The molecule has 1 heterocycles. The Morgan fingerprint density at radius 1 is 1.03 bits per heavy atom. The van der Waals surface area contributed by atoms with Crippen LogP contribution in [-0.4, -0.2) is 49.5 Å². The second-order valence-electron chi connectivity index (χ2n) is 8.65. The molecule has 2 N–H and O–H groups in total. The number of ether oxygens (including phenoxy) is 1. The van der Waals surface area contributed by atoms with Crippen molar-refractivity contribution in [2.45, 2.75) is 38.1 Å². The number of carbonyl (C=O) groups excluding carboxylic acids is 2. The molecule has 1 saturated carbocycles. The third-order valence-electron chi connectivity index (χ3n) is 6.08. The number of hydrogen-bond acceptors (Lipinski definition) is 4. The number of carbonyl (C=O) groups is 2. The van der Waals surface area contributed by atoms with E-state index in [9.17, 15) is 9.59 Å². The van der Waals surface area contributed by atoms with Crippen molar-refractivity contribution in [1.29, 1.82) is 0 Å². The van der Waals surface area contributed by atoms with Crippen LogP contribution in [0.15, 0.2) is 48.5 Å². The van der Waals surface area contributed by atoms with Crippen LogP contribution < -0.4 is 15.4 Å². The monoisotopic (exact) mass is 421 g/mol. The molecule has 0 aromatic heterocycles. The first-order valence-corrected chi connectivity index (χ1v) is 11.1. The fourth-order valence-corrected chi connectivity index (χ4v) is 4.08. The fraction of sp³-hybridized carbons (Fsp3) is 0.440. The molecule has 6 heteroatoms. The first-order chi connectivity index (χ1) is 15.1. The quantitative estimate of drug-likeness (QED) is 0.685. The van der Waals surface area contributed by atoms with Gasteiger partial charge in [-0.2, -0.15) is 0 Å². The summed E-state index contributed by atoms with van der Waals surface area (Å²) >= 11 is 0. The summed E-state index contributed by atoms with van der Waals surface area (Å²) in [6.45, 7) is 2.24. The van der Waals surface area contributed by atoms with Crippen molar-refractivity contribution in [3.63, 3.8) is 0 Å². The van der Waals surface area contributed by atoms with Crippen LogP contribution in [0.4, 0.5) is 5.69 Å². The Morgan fingerprint density at radius 3 is 2.45 bits per heavy atom. The molecule has 1 aliphatic heterocycles. The summed E-state index contributed by atoms with van der Waals surface area (Å²) in [5.41, 5.74) is 2.59. The first-order valence-electron chi connectivity index (χ1n) is 11.1. The van der Waals surface area contributed by atoms with Crippen LogP contribution in [0.3, 0.4) is 0 Å². The van der Waals surface area contributed by atoms with Crippen molar-refractivity contribution in [3.8, 4) is 5.75 Å². The minimum Gasteiger partial charge on any atom is -0.497 e. The zero-order valence-electron chi connectivity index (χ0n) is 18.1. The largest absolute Gasteiger partial charge is 0.497 e. The summed E-state index contributed by atoms with van der Waals surface area (Å²) in [7, 11) is 1.68. The zero-order valence-corrected chi connectivity index (χ0v) is 18.1. The fourth-order valence-electron chi connectivity index (χ4n) is 4.08.